The Balaban J connectivity index is 0.000000751. The summed E-state index contributed by atoms with van der Waals surface area (Å²) in [5, 5.41) is 30.2. The minimum Gasteiger partial charge on any atom is -0.508 e. The molecule has 1 amide bonds. The maximum absolute atomic E-state index is 12.1. The predicted molar refractivity (Wildman–Crippen MR) is 127 cm³/mol. The summed E-state index contributed by atoms with van der Waals surface area (Å²) in [6, 6.07) is 9.92. The Hall–Kier alpha value is -3.02. The number of carboxylic acid groups (broad SMARTS) is 1. The van der Waals surface area contributed by atoms with Gasteiger partial charge in [-0.05, 0) is 51.6 Å². The topological polar surface area (TPSA) is 121 Å². The molecular formula is C26H37NO5. The van der Waals surface area contributed by atoms with Crippen molar-refractivity contribution in [3.8, 4) is 11.5 Å². The first-order valence-electron chi connectivity index (χ1n) is 10.8. The summed E-state index contributed by atoms with van der Waals surface area (Å²) in [4.78, 5) is 21.9. The standard InChI is InChI=1S/C22H28O4.C4H9NO/c1-21(2,3)15-11-13(7-9-17(15)23)19(20(25)26)14-8-10-18(24)16(12-14)22(4,5)6;1-2-3-4(5)6/h7-12,19,23-24H,1-6H3,(H,25,26);2-3H2,1H3,(H2,5,6). The van der Waals surface area contributed by atoms with E-state index in [9.17, 15) is 24.9 Å². The largest absolute Gasteiger partial charge is 0.508 e. The monoisotopic (exact) mass is 443 g/mol. The van der Waals surface area contributed by atoms with E-state index in [1.165, 1.54) is 0 Å². The van der Waals surface area contributed by atoms with E-state index in [0.717, 1.165) is 6.42 Å². The Bertz CT molecular complexity index is 888. The van der Waals surface area contributed by atoms with Gasteiger partial charge in [-0.3, -0.25) is 9.59 Å². The maximum atomic E-state index is 12.1. The molecule has 6 heteroatoms. The number of carboxylic acids is 1. The molecule has 2 aromatic rings. The van der Waals surface area contributed by atoms with Gasteiger partial charge in [0.05, 0.1) is 0 Å². The molecule has 0 aliphatic carbocycles. The molecule has 0 saturated carbocycles. The van der Waals surface area contributed by atoms with E-state index in [1.807, 2.05) is 48.5 Å². The molecule has 0 unspecified atom stereocenters. The number of hydrogen-bond acceptors (Lipinski definition) is 4. The number of carbonyl (C=O) groups is 2. The molecular weight excluding hydrogens is 406 g/mol. The second-order valence-electron chi connectivity index (χ2n) is 10.0. The van der Waals surface area contributed by atoms with Gasteiger partial charge in [0, 0.05) is 6.42 Å². The lowest BCUT2D eigenvalue weighted by Crippen LogP contribution is -2.18. The molecule has 0 fully saturated rings. The number of aromatic hydroxyl groups is 2. The molecule has 6 nitrogen and oxygen atoms in total. The number of benzene rings is 2. The Morgan fingerprint density at radius 1 is 0.844 bits per heavy atom. The molecule has 0 heterocycles. The molecule has 0 radical (unpaired) electrons. The second kappa shape index (κ2) is 10.5. The van der Waals surface area contributed by atoms with E-state index in [1.54, 1.807) is 36.4 Å². The van der Waals surface area contributed by atoms with Crippen molar-refractivity contribution >= 4 is 11.9 Å². The summed E-state index contributed by atoms with van der Waals surface area (Å²) >= 11 is 0. The summed E-state index contributed by atoms with van der Waals surface area (Å²) in [5.41, 5.74) is 6.76. The zero-order valence-corrected chi connectivity index (χ0v) is 20.2. The van der Waals surface area contributed by atoms with Gasteiger partial charge in [0.2, 0.25) is 5.91 Å². The fraction of sp³-hybridized carbons (Fsp3) is 0.462. The van der Waals surface area contributed by atoms with Crippen LogP contribution in [0.2, 0.25) is 0 Å². The van der Waals surface area contributed by atoms with Crippen molar-refractivity contribution in [1.82, 2.24) is 0 Å². The molecule has 176 valence electrons. The normalized spacial score (nSPS) is 11.6. The van der Waals surface area contributed by atoms with Crippen LogP contribution in [-0.2, 0) is 20.4 Å². The summed E-state index contributed by atoms with van der Waals surface area (Å²) in [5.74, 6) is -1.74. The fourth-order valence-electron chi connectivity index (χ4n) is 3.39. The minimum atomic E-state index is -0.971. The van der Waals surface area contributed by atoms with Crippen LogP contribution in [0.4, 0.5) is 0 Å². The van der Waals surface area contributed by atoms with Crippen LogP contribution in [-0.4, -0.2) is 27.2 Å². The fourth-order valence-corrected chi connectivity index (χ4v) is 3.39. The summed E-state index contributed by atoms with van der Waals surface area (Å²) < 4.78 is 0. The molecule has 0 saturated heterocycles. The van der Waals surface area contributed by atoms with Crippen LogP contribution in [0.5, 0.6) is 11.5 Å². The first kappa shape index (κ1) is 27.0. The Morgan fingerprint density at radius 2 is 1.22 bits per heavy atom. The van der Waals surface area contributed by atoms with Crippen molar-refractivity contribution in [2.45, 2.75) is 78.1 Å². The number of nitrogens with two attached hydrogens (primary N) is 1. The van der Waals surface area contributed by atoms with Gasteiger partial charge in [-0.1, -0.05) is 72.7 Å². The number of amides is 1. The Morgan fingerprint density at radius 3 is 1.44 bits per heavy atom. The number of hydrogen-bond donors (Lipinski definition) is 4. The molecule has 0 bridgehead atoms. The smallest absolute Gasteiger partial charge is 0.315 e. The molecule has 0 aliphatic heterocycles. The molecule has 5 N–H and O–H groups in total. The second-order valence-corrected chi connectivity index (χ2v) is 10.0. The third-order valence-corrected chi connectivity index (χ3v) is 5.07. The van der Waals surface area contributed by atoms with Crippen LogP contribution in [0.3, 0.4) is 0 Å². The molecule has 2 rings (SSSR count). The van der Waals surface area contributed by atoms with E-state index >= 15 is 0 Å². The molecule has 0 aromatic heterocycles. The lowest BCUT2D eigenvalue weighted by Gasteiger charge is -2.25. The molecule has 32 heavy (non-hydrogen) atoms. The van der Waals surface area contributed by atoms with E-state index in [4.69, 9.17) is 5.73 Å². The van der Waals surface area contributed by atoms with E-state index in [-0.39, 0.29) is 28.2 Å². The predicted octanol–water partition coefficient (Wildman–Crippen LogP) is 5.18. The number of carbonyl (C=O) groups excluding carboxylic acids is 1. The van der Waals surface area contributed by atoms with Crippen molar-refractivity contribution in [3.05, 3.63) is 58.7 Å². The molecule has 0 spiro atoms. The van der Waals surface area contributed by atoms with E-state index in [2.05, 4.69) is 0 Å². The van der Waals surface area contributed by atoms with Gasteiger partial charge < -0.3 is 21.1 Å². The van der Waals surface area contributed by atoms with Gasteiger partial charge in [-0.15, -0.1) is 0 Å². The summed E-state index contributed by atoms with van der Waals surface area (Å²) in [6.45, 7) is 13.8. The quantitative estimate of drug-likeness (QED) is 0.507. The van der Waals surface area contributed by atoms with Gasteiger partial charge in [0.15, 0.2) is 0 Å². The molecule has 0 aliphatic rings. The van der Waals surface area contributed by atoms with E-state index in [0.29, 0.717) is 28.7 Å². The van der Waals surface area contributed by atoms with Gasteiger partial charge in [-0.25, -0.2) is 0 Å². The summed E-state index contributed by atoms with van der Waals surface area (Å²) in [7, 11) is 0. The highest BCUT2D eigenvalue weighted by Gasteiger charge is 2.28. The highest BCUT2D eigenvalue weighted by Crippen LogP contribution is 2.38. The van der Waals surface area contributed by atoms with Crippen molar-refractivity contribution in [3.63, 3.8) is 0 Å². The van der Waals surface area contributed by atoms with E-state index < -0.39 is 11.9 Å². The zero-order chi connectivity index (χ0) is 24.9. The lowest BCUT2D eigenvalue weighted by molar-refractivity contribution is -0.137. The van der Waals surface area contributed by atoms with Crippen molar-refractivity contribution in [2.24, 2.45) is 5.73 Å². The average molecular weight is 444 g/mol. The number of phenolic OH excluding ortho intramolecular Hbond substituents is 2. The third kappa shape index (κ3) is 7.29. The van der Waals surface area contributed by atoms with Crippen molar-refractivity contribution in [2.75, 3.05) is 0 Å². The Labute approximate surface area is 191 Å². The van der Waals surface area contributed by atoms with Crippen LogP contribution in [0, 0.1) is 0 Å². The minimum absolute atomic E-state index is 0.159. The molecule has 0 atom stereocenters. The highest BCUT2D eigenvalue weighted by molar-refractivity contribution is 5.81. The average Bonchev–Trinajstić information content (AvgIpc) is 2.63. The van der Waals surface area contributed by atoms with Crippen LogP contribution in [0.25, 0.3) is 0 Å². The highest BCUT2D eigenvalue weighted by atomic mass is 16.4. The third-order valence-electron chi connectivity index (χ3n) is 5.07. The zero-order valence-electron chi connectivity index (χ0n) is 20.2. The summed E-state index contributed by atoms with van der Waals surface area (Å²) in [6.07, 6.45) is 1.37. The van der Waals surface area contributed by atoms with Crippen molar-refractivity contribution < 1.29 is 24.9 Å². The first-order chi connectivity index (χ1) is 14.6. The van der Waals surface area contributed by atoms with Crippen LogP contribution < -0.4 is 5.73 Å². The lowest BCUT2D eigenvalue weighted by atomic mass is 9.80. The van der Waals surface area contributed by atoms with Gasteiger partial charge in [0.1, 0.15) is 17.4 Å². The van der Waals surface area contributed by atoms with Crippen molar-refractivity contribution in [1.29, 1.82) is 0 Å². The molecule has 2 aromatic carbocycles. The van der Waals surface area contributed by atoms with Crippen LogP contribution in [0.1, 0.15) is 89.5 Å². The van der Waals surface area contributed by atoms with Crippen LogP contribution in [0.15, 0.2) is 36.4 Å². The number of phenols is 2. The Kier molecular flexibility index (Phi) is 8.89. The van der Waals surface area contributed by atoms with Gasteiger partial charge >= 0.3 is 5.97 Å². The number of aliphatic carboxylic acids is 1. The SMILES string of the molecule is CC(C)(C)c1cc(C(C(=O)O)c2ccc(O)c(C(C)(C)C)c2)ccc1O.CCCC(N)=O. The number of primary amides is 1. The number of rotatable bonds is 5. The first-order valence-corrected chi connectivity index (χ1v) is 10.8. The maximum Gasteiger partial charge on any atom is 0.315 e. The van der Waals surface area contributed by atoms with Gasteiger partial charge in [0.25, 0.3) is 0 Å². The van der Waals surface area contributed by atoms with Crippen LogP contribution >= 0.6 is 0 Å². The van der Waals surface area contributed by atoms with Gasteiger partial charge in [-0.2, -0.15) is 0 Å².